The molecule has 0 unspecified atom stereocenters. The molecule has 4 aromatic rings. The Morgan fingerprint density at radius 3 is 2.48 bits per heavy atom. The van der Waals surface area contributed by atoms with E-state index in [1.165, 1.54) is 23.9 Å². The average Bonchev–Trinajstić information content (AvgIpc) is 3.20. The normalized spacial score (nSPS) is 10.8. The van der Waals surface area contributed by atoms with E-state index in [2.05, 4.69) is 20.8 Å². The maximum Gasteiger partial charge on any atom is 0.319 e. The molecule has 0 spiro atoms. The fourth-order valence-corrected chi connectivity index (χ4v) is 4.41. The van der Waals surface area contributed by atoms with E-state index in [4.69, 9.17) is 23.2 Å². The number of nitrogens with one attached hydrogen (secondary N) is 2. The Morgan fingerprint density at radius 1 is 1.00 bits per heavy atom. The molecule has 0 saturated carbocycles. The fraction of sp³-hybridized carbons (Fsp3) is 0.0870. The number of anilines is 1. The molecule has 33 heavy (non-hydrogen) atoms. The molecule has 6 nitrogen and oxygen atoms in total. The number of carbonyl (C=O) groups is 1. The van der Waals surface area contributed by atoms with Crippen molar-refractivity contribution in [2.45, 2.75) is 17.5 Å². The molecule has 0 aliphatic heterocycles. The third-order valence-corrected chi connectivity index (χ3v) is 6.11. The van der Waals surface area contributed by atoms with Gasteiger partial charge in [0.25, 0.3) is 0 Å². The third-order valence-electron chi connectivity index (χ3n) is 4.57. The highest BCUT2D eigenvalue weighted by atomic mass is 35.5. The summed E-state index contributed by atoms with van der Waals surface area (Å²) in [7, 11) is 0. The molecule has 2 amide bonds. The van der Waals surface area contributed by atoms with Crippen molar-refractivity contribution in [2.24, 2.45) is 0 Å². The average molecular weight is 502 g/mol. The Bertz CT molecular complexity index is 1250. The van der Waals surface area contributed by atoms with E-state index in [9.17, 15) is 9.18 Å². The van der Waals surface area contributed by atoms with Crippen LogP contribution < -0.4 is 10.6 Å². The van der Waals surface area contributed by atoms with Crippen molar-refractivity contribution in [1.82, 2.24) is 20.1 Å². The highest BCUT2D eigenvalue weighted by Crippen LogP contribution is 2.30. The van der Waals surface area contributed by atoms with Crippen molar-refractivity contribution < 1.29 is 9.18 Å². The second-order valence-corrected chi connectivity index (χ2v) is 8.70. The van der Waals surface area contributed by atoms with Crippen LogP contribution in [0.2, 0.25) is 10.0 Å². The van der Waals surface area contributed by atoms with Crippen LogP contribution in [-0.2, 0) is 12.3 Å². The van der Waals surface area contributed by atoms with Gasteiger partial charge in [-0.25, -0.2) is 9.18 Å². The van der Waals surface area contributed by atoms with E-state index < -0.39 is 0 Å². The van der Waals surface area contributed by atoms with Gasteiger partial charge in [0.15, 0.2) is 11.0 Å². The number of benzene rings is 3. The van der Waals surface area contributed by atoms with Crippen molar-refractivity contribution in [3.63, 3.8) is 0 Å². The van der Waals surface area contributed by atoms with Crippen LogP contribution in [0.1, 0.15) is 11.4 Å². The minimum absolute atomic E-state index is 0.113. The monoisotopic (exact) mass is 501 g/mol. The number of carbonyl (C=O) groups excluding carboxylic acids is 1. The molecule has 4 rings (SSSR count). The lowest BCUT2D eigenvalue weighted by atomic mass is 10.2. The lowest BCUT2D eigenvalue weighted by molar-refractivity contribution is 0.251. The molecule has 0 aliphatic carbocycles. The molecule has 0 aliphatic rings. The first kappa shape index (κ1) is 23.1. The topological polar surface area (TPSA) is 71.8 Å². The maximum absolute atomic E-state index is 13.2. The number of hydrogen-bond acceptors (Lipinski definition) is 4. The number of hydrogen-bond donors (Lipinski definition) is 2. The molecular weight excluding hydrogens is 484 g/mol. The van der Waals surface area contributed by atoms with Crippen LogP contribution in [0.4, 0.5) is 14.9 Å². The highest BCUT2D eigenvalue weighted by molar-refractivity contribution is 7.98. The van der Waals surface area contributed by atoms with E-state index in [1.807, 2.05) is 18.2 Å². The summed E-state index contributed by atoms with van der Waals surface area (Å²) in [4.78, 5) is 12.3. The van der Waals surface area contributed by atoms with E-state index in [-0.39, 0.29) is 18.4 Å². The van der Waals surface area contributed by atoms with Crippen LogP contribution in [0.3, 0.4) is 0 Å². The summed E-state index contributed by atoms with van der Waals surface area (Å²) in [6.07, 6.45) is 0. The van der Waals surface area contributed by atoms with Gasteiger partial charge in [0.2, 0.25) is 0 Å². The van der Waals surface area contributed by atoms with Gasteiger partial charge < -0.3 is 10.6 Å². The fourth-order valence-electron chi connectivity index (χ4n) is 3.00. The molecule has 3 aromatic carbocycles. The predicted molar refractivity (Wildman–Crippen MR) is 130 cm³/mol. The summed E-state index contributed by atoms with van der Waals surface area (Å²) in [6, 6.07) is 20.1. The summed E-state index contributed by atoms with van der Waals surface area (Å²) < 4.78 is 15.0. The van der Waals surface area contributed by atoms with Crippen molar-refractivity contribution in [3.8, 4) is 5.69 Å². The van der Waals surface area contributed by atoms with Crippen molar-refractivity contribution in [1.29, 1.82) is 0 Å². The quantitative estimate of drug-likeness (QED) is 0.290. The van der Waals surface area contributed by atoms with Gasteiger partial charge in [0.05, 0.1) is 17.3 Å². The zero-order valence-electron chi connectivity index (χ0n) is 17.1. The number of aromatic nitrogens is 3. The Kier molecular flexibility index (Phi) is 7.49. The van der Waals surface area contributed by atoms with Crippen LogP contribution in [0, 0.1) is 5.82 Å². The summed E-state index contributed by atoms with van der Waals surface area (Å²) in [5, 5.41) is 15.6. The SMILES string of the molecule is O=C(NCc1nnc(SCc2ccc(F)cc2)n1-c1ccc(Cl)cc1Cl)Nc1ccccc1. The van der Waals surface area contributed by atoms with Gasteiger partial charge in [-0.2, -0.15) is 0 Å². The second-order valence-electron chi connectivity index (χ2n) is 6.92. The number of amides is 2. The first-order valence-corrected chi connectivity index (χ1v) is 11.6. The van der Waals surface area contributed by atoms with Gasteiger partial charge >= 0.3 is 6.03 Å². The molecule has 168 valence electrons. The zero-order chi connectivity index (χ0) is 23.2. The molecule has 0 fully saturated rings. The summed E-state index contributed by atoms with van der Waals surface area (Å²) >= 11 is 13.9. The van der Waals surface area contributed by atoms with E-state index >= 15 is 0 Å². The predicted octanol–water partition coefficient (Wildman–Crippen LogP) is 6.33. The summed E-state index contributed by atoms with van der Waals surface area (Å²) in [5.74, 6) is 0.747. The van der Waals surface area contributed by atoms with Crippen molar-refractivity contribution in [2.75, 3.05) is 5.32 Å². The molecule has 2 N–H and O–H groups in total. The van der Waals surface area contributed by atoms with E-state index in [0.717, 1.165) is 5.56 Å². The van der Waals surface area contributed by atoms with E-state index in [0.29, 0.717) is 38.2 Å². The number of nitrogens with zero attached hydrogens (tertiary/aromatic N) is 3. The number of halogens is 3. The first-order chi connectivity index (χ1) is 16.0. The van der Waals surface area contributed by atoms with Gasteiger partial charge in [-0.05, 0) is 48.0 Å². The minimum Gasteiger partial charge on any atom is -0.331 e. The highest BCUT2D eigenvalue weighted by Gasteiger charge is 2.18. The van der Waals surface area contributed by atoms with E-state index in [1.54, 1.807) is 47.0 Å². The minimum atomic E-state index is -0.376. The van der Waals surface area contributed by atoms with Gasteiger partial charge in [-0.15, -0.1) is 10.2 Å². The van der Waals surface area contributed by atoms with Gasteiger partial charge in [-0.1, -0.05) is 65.3 Å². The molecule has 0 radical (unpaired) electrons. The number of urea groups is 1. The lowest BCUT2D eigenvalue weighted by Crippen LogP contribution is -2.29. The summed E-state index contributed by atoms with van der Waals surface area (Å²) in [6.45, 7) is 0.113. The molecule has 0 bridgehead atoms. The van der Waals surface area contributed by atoms with Crippen LogP contribution in [-0.4, -0.2) is 20.8 Å². The van der Waals surface area contributed by atoms with Crippen LogP contribution in [0.5, 0.6) is 0 Å². The number of para-hydroxylation sites is 1. The number of rotatable bonds is 7. The molecule has 1 aromatic heterocycles. The lowest BCUT2D eigenvalue weighted by Gasteiger charge is -2.13. The van der Waals surface area contributed by atoms with Gasteiger partial charge in [0, 0.05) is 16.5 Å². The molecule has 0 atom stereocenters. The summed E-state index contributed by atoms with van der Waals surface area (Å²) in [5.41, 5.74) is 2.24. The molecule has 10 heteroatoms. The Balaban J connectivity index is 1.55. The smallest absolute Gasteiger partial charge is 0.319 e. The number of thioether (sulfide) groups is 1. The van der Waals surface area contributed by atoms with Crippen molar-refractivity contribution >= 4 is 46.7 Å². The molecular formula is C23H18Cl2FN5OS. The zero-order valence-corrected chi connectivity index (χ0v) is 19.5. The van der Waals surface area contributed by atoms with Crippen molar-refractivity contribution in [3.05, 3.63) is 100 Å². The van der Waals surface area contributed by atoms with Gasteiger partial charge in [0.1, 0.15) is 5.82 Å². The van der Waals surface area contributed by atoms with Crippen LogP contribution >= 0.6 is 35.0 Å². The Labute approximate surface area is 204 Å². The van der Waals surface area contributed by atoms with Crippen LogP contribution in [0.25, 0.3) is 5.69 Å². The largest absolute Gasteiger partial charge is 0.331 e. The first-order valence-electron chi connectivity index (χ1n) is 9.86. The van der Waals surface area contributed by atoms with Gasteiger partial charge in [-0.3, -0.25) is 4.57 Å². The Hall–Kier alpha value is -3.07. The molecule has 1 heterocycles. The second kappa shape index (κ2) is 10.7. The molecule has 0 saturated heterocycles. The standard InChI is InChI=1S/C23H18Cl2FN5OS/c24-16-8-11-20(19(25)12-16)31-21(13-27-22(32)28-18-4-2-1-3-5-18)29-30-23(31)33-14-15-6-9-17(26)10-7-15/h1-12H,13-14H2,(H2,27,28,32). The third kappa shape index (κ3) is 6.04. The van der Waals surface area contributed by atoms with Crippen LogP contribution in [0.15, 0.2) is 78.0 Å². The maximum atomic E-state index is 13.2. The Morgan fingerprint density at radius 2 is 1.76 bits per heavy atom.